The van der Waals surface area contributed by atoms with Gasteiger partial charge in [-0.3, -0.25) is 14.2 Å². The van der Waals surface area contributed by atoms with Crippen LogP contribution in [0.5, 0.6) is 0 Å². The number of carbonyl (C=O) groups is 2. The number of hydrogen-bond donors (Lipinski definition) is 0. The lowest BCUT2D eigenvalue weighted by Gasteiger charge is -2.40. The topological polar surface area (TPSA) is 71.3 Å². The Morgan fingerprint density at radius 3 is 2.60 bits per heavy atom. The molecule has 2 amide bonds. The Bertz CT molecular complexity index is 1170. The predicted octanol–water partition coefficient (Wildman–Crippen LogP) is 4.35. The van der Waals surface area contributed by atoms with E-state index in [0.717, 1.165) is 35.3 Å². The van der Waals surface area contributed by atoms with Crippen LogP contribution in [0.25, 0.3) is 5.69 Å². The van der Waals surface area contributed by atoms with Crippen molar-refractivity contribution in [2.45, 2.75) is 44.3 Å². The van der Waals surface area contributed by atoms with Crippen molar-refractivity contribution in [1.29, 1.82) is 0 Å². The van der Waals surface area contributed by atoms with Crippen LogP contribution in [0.4, 0.5) is 4.39 Å². The summed E-state index contributed by atoms with van der Waals surface area (Å²) >= 11 is 1.65. The number of carbonyl (C=O) groups excluding carboxylic acids is 2. The van der Waals surface area contributed by atoms with E-state index >= 15 is 0 Å². The van der Waals surface area contributed by atoms with Crippen LogP contribution in [-0.4, -0.2) is 67.8 Å². The number of hydrogen-bond acceptors (Lipinski definition) is 5. The Morgan fingerprint density at radius 1 is 1.06 bits per heavy atom. The first-order chi connectivity index (χ1) is 16.9. The quantitative estimate of drug-likeness (QED) is 0.343. The molecule has 1 saturated heterocycles. The summed E-state index contributed by atoms with van der Waals surface area (Å²) < 4.78 is 15.5. The number of piperazine rings is 1. The summed E-state index contributed by atoms with van der Waals surface area (Å²) in [7, 11) is 0. The van der Waals surface area contributed by atoms with E-state index in [1.165, 1.54) is 18.2 Å². The van der Waals surface area contributed by atoms with Gasteiger partial charge in [-0.05, 0) is 57.0 Å². The van der Waals surface area contributed by atoms with Crippen LogP contribution >= 0.6 is 11.8 Å². The minimum absolute atomic E-state index is 0.114. The molecule has 35 heavy (non-hydrogen) atoms. The molecule has 1 fully saturated rings. The van der Waals surface area contributed by atoms with Gasteiger partial charge in [0.2, 0.25) is 5.91 Å². The van der Waals surface area contributed by atoms with Crippen molar-refractivity contribution in [2.24, 2.45) is 0 Å². The summed E-state index contributed by atoms with van der Waals surface area (Å²) in [6, 6.07) is 15.7. The molecule has 7 nitrogen and oxygen atoms in total. The van der Waals surface area contributed by atoms with Gasteiger partial charge in [0, 0.05) is 49.1 Å². The van der Waals surface area contributed by atoms with E-state index in [9.17, 15) is 14.0 Å². The number of rotatable bonds is 8. The van der Waals surface area contributed by atoms with Gasteiger partial charge in [0.05, 0.1) is 0 Å². The second-order valence-corrected chi connectivity index (χ2v) is 9.77. The fourth-order valence-corrected chi connectivity index (χ4v) is 5.28. The molecule has 0 bridgehead atoms. The van der Waals surface area contributed by atoms with Gasteiger partial charge < -0.3 is 9.80 Å². The number of thioether (sulfide) groups is 1. The zero-order valence-electron chi connectivity index (χ0n) is 20.1. The first-order valence-electron chi connectivity index (χ1n) is 11.9. The van der Waals surface area contributed by atoms with Crippen LogP contribution < -0.4 is 0 Å². The Labute approximate surface area is 209 Å². The lowest BCUT2D eigenvalue weighted by Crippen LogP contribution is -2.55. The number of benzene rings is 2. The average Bonchev–Trinajstić information content (AvgIpc) is 3.23. The first kappa shape index (κ1) is 24.9. The van der Waals surface area contributed by atoms with Crippen LogP contribution in [0.15, 0.2) is 59.8 Å². The summed E-state index contributed by atoms with van der Waals surface area (Å²) in [6.45, 7) is 5.31. The highest BCUT2D eigenvalue weighted by Gasteiger charge is 2.30. The maximum atomic E-state index is 13.5. The van der Waals surface area contributed by atoms with E-state index in [-0.39, 0.29) is 17.9 Å². The minimum Gasteiger partial charge on any atom is -0.339 e. The van der Waals surface area contributed by atoms with E-state index in [1.807, 2.05) is 53.6 Å². The second kappa shape index (κ2) is 11.5. The van der Waals surface area contributed by atoms with E-state index < -0.39 is 5.82 Å². The number of aromatic nitrogens is 3. The number of halogens is 1. The van der Waals surface area contributed by atoms with Crippen molar-refractivity contribution in [1.82, 2.24) is 24.6 Å². The Hall–Kier alpha value is -3.20. The first-order valence-corrected chi connectivity index (χ1v) is 12.9. The van der Waals surface area contributed by atoms with Gasteiger partial charge in [0.1, 0.15) is 11.6 Å². The number of nitrogens with zero attached hydrogens (tertiary/aromatic N) is 5. The fourth-order valence-electron chi connectivity index (χ4n) is 4.28. The molecular formula is C26H30FN5O2S. The van der Waals surface area contributed by atoms with E-state index in [1.54, 1.807) is 22.7 Å². The summed E-state index contributed by atoms with van der Waals surface area (Å²) in [5.41, 5.74) is 1.38. The molecule has 2 heterocycles. The lowest BCUT2D eigenvalue weighted by atomic mass is 10.1. The molecule has 0 spiro atoms. The Morgan fingerprint density at radius 2 is 1.86 bits per heavy atom. The SMILES string of the molecule is Cc1nnc(SCCCCC(=O)N2CCN(C(=O)c3cccc(F)c3)C(C)C2)n1-c1ccccc1. The molecule has 0 N–H and O–H groups in total. The maximum absolute atomic E-state index is 13.5. The predicted molar refractivity (Wildman–Crippen MR) is 134 cm³/mol. The second-order valence-electron chi connectivity index (χ2n) is 8.70. The zero-order chi connectivity index (χ0) is 24.8. The Balaban J connectivity index is 1.21. The van der Waals surface area contributed by atoms with Crippen molar-refractivity contribution in [3.8, 4) is 5.69 Å². The van der Waals surface area contributed by atoms with Crippen molar-refractivity contribution in [2.75, 3.05) is 25.4 Å². The largest absolute Gasteiger partial charge is 0.339 e. The Kier molecular flexibility index (Phi) is 8.17. The molecule has 0 aliphatic carbocycles. The highest BCUT2D eigenvalue weighted by atomic mass is 32.2. The molecule has 4 rings (SSSR count). The lowest BCUT2D eigenvalue weighted by molar-refractivity contribution is -0.133. The van der Waals surface area contributed by atoms with Crippen molar-refractivity contribution in [3.05, 3.63) is 71.8 Å². The summed E-state index contributed by atoms with van der Waals surface area (Å²) in [4.78, 5) is 29.1. The molecule has 9 heteroatoms. The normalized spacial score (nSPS) is 15.9. The van der Waals surface area contributed by atoms with E-state index in [2.05, 4.69) is 10.2 Å². The molecule has 1 aromatic heterocycles. The number of amides is 2. The van der Waals surface area contributed by atoms with Gasteiger partial charge in [0.25, 0.3) is 5.91 Å². The van der Waals surface area contributed by atoms with Gasteiger partial charge >= 0.3 is 0 Å². The number of aryl methyl sites for hydroxylation is 1. The highest BCUT2D eigenvalue weighted by Crippen LogP contribution is 2.23. The summed E-state index contributed by atoms with van der Waals surface area (Å²) in [5.74, 6) is 1.19. The third kappa shape index (κ3) is 6.08. The summed E-state index contributed by atoms with van der Waals surface area (Å²) in [5, 5.41) is 9.37. The minimum atomic E-state index is -0.425. The van der Waals surface area contributed by atoms with Gasteiger partial charge in [-0.15, -0.1) is 10.2 Å². The van der Waals surface area contributed by atoms with Gasteiger partial charge in [-0.25, -0.2) is 4.39 Å². The molecule has 1 atom stereocenters. The molecule has 2 aromatic carbocycles. The molecule has 1 unspecified atom stereocenters. The van der Waals surface area contributed by atoms with Crippen LogP contribution in [0.3, 0.4) is 0 Å². The van der Waals surface area contributed by atoms with Crippen LogP contribution in [0, 0.1) is 12.7 Å². The molecule has 1 aliphatic heterocycles. The standard InChI is InChI=1S/C26H30FN5O2S/c1-19-18-30(14-15-31(19)25(34)21-9-8-10-22(27)17-21)24(33)13-6-7-16-35-26-29-28-20(2)32(26)23-11-4-3-5-12-23/h3-5,8-12,17,19H,6-7,13-16,18H2,1-2H3. The zero-order valence-corrected chi connectivity index (χ0v) is 20.9. The summed E-state index contributed by atoms with van der Waals surface area (Å²) in [6.07, 6.45) is 2.17. The van der Waals surface area contributed by atoms with E-state index in [0.29, 0.717) is 31.6 Å². The molecule has 3 aromatic rings. The third-order valence-corrected chi connectivity index (χ3v) is 7.15. The molecular weight excluding hydrogens is 465 g/mol. The highest BCUT2D eigenvalue weighted by molar-refractivity contribution is 7.99. The van der Waals surface area contributed by atoms with Gasteiger partial charge in [-0.1, -0.05) is 36.0 Å². The van der Waals surface area contributed by atoms with Crippen LogP contribution in [-0.2, 0) is 4.79 Å². The van der Waals surface area contributed by atoms with E-state index in [4.69, 9.17) is 0 Å². The monoisotopic (exact) mass is 495 g/mol. The van der Waals surface area contributed by atoms with Crippen molar-refractivity contribution >= 4 is 23.6 Å². The van der Waals surface area contributed by atoms with Gasteiger partial charge in [0.15, 0.2) is 5.16 Å². The average molecular weight is 496 g/mol. The molecule has 0 saturated carbocycles. The van der Waals surface area contributed by atoms with Crippen LogP contribution in [0.1, 0.15) is 42.4 Å². The van der Waals surface area contributed by atoms with Crippen molar-refractivity contribution in [3.63, 3.8) is 0 Å². The van der Waals surface area contributed by atoms with Crippen molar-refractivity contribution < 1.29 is 14.0 Å². The third-order valence-electron chi connectivity index (χ3n) is 6.14. The van der Waals surface area contributed by atoms with Crippen LogP contribution in [0.2, 0.25) is 0 Å². The maximum Gasteiger partial charge on any atom is 0.254 e. The van der Waals surface area contributed by atoms with Gasteiger partial charge in [-0.2, -0.15) is 0 Å². The fraction of sp³-hybridized carbons (Fsp3) is 0.385. The smallest absolute Gasteiger partial charge is 0.254 e. The molecule has 1 aliphatic rings. The number of para-hydroxylation sites is 1. The molecule has 184 valence electrons. The molecule has 0 radical (unpaired) electrons. The number of unbranched alkanes of at least 4 members (excludes halogenated alkanes) is 1.